The van der Waals surface area contributed by atoms with Crippen LogP contribution < -0.4 is 75.3 Å². The number of hydrogen-bond acceptors (Lipinski definition) is 24. The lowest BCUT2D eigenvalue weighted by Gasteiger charge is -2.30. The van der Waals surface area contributed by atoms with Gasteiger partial charge in [-0.1, -0.05) is 74.4 Å². The summed E-state index contributed by atoms with van der Waals surface area (Å²) in [5.41, 5.74) is 12.6. The van der Waals surface area contributed by atoms with Gasteiger partial charge in [0.25, 0.3) is 0 Å². The Morgan fingerprint density at radius 2 is 1.09 bits per heavy atom. The number of phenols is 2. The van der Waals surface area contributed by atoms with Crippen LogP contribution in [0, 0.1) is 0 Å². The minimum Gasteiger partial charge on any atom is -0.508 e. The molecule has 2 aromatic carbocycles. The molecule has 0 radical (unpaired) electrons. The normalized spacial score (nSPS) is 26.5. The molecule has 0 aliphatic carbocycles. The number of primary amides is 1. The molecule has 3 aliphatic heterocycles. The average molecular weight is 1480 g/mol. The molecule has 2 aromatic rings. The van der Waals surface area contributed by atoms with Crippen LogP contribution in [0.1, 0.15) is 84.3 Å². The zero-order valence-electron chi connectivity index (χ0n) is 55.2. The van der Waals surface area contributed by atoms with Crippen LogP contribution in [-0.2, 0) is 94.3 Å². The molecule has 3 fully saturated rings. The average Bonchev–Trinajstić information content (AvgIpc) is 1.64. The molecule has 8 unspecified atom stereocenters. The van der Waals surface area contributed by atoms with Crippen LogP contribution in [0.3, 0.4) is 0 Å². The van der Waals surface area contributed by atoms with Crippen molar-refractivity contribution >= 4 is 138 Å². The zero-order chi connectivity index (χ0) is 73.9. The number of fused-ring (bicyclic) bond motifs is 4. The highest BCUT2D eigenvalue weighted by Gasteiger charge is 2.41. The van der Waals surface area contributed by atoms with E-state index in [9.17, 15) is 82.4 Å². The van der Waals surface area contributed by atoms with Gasteiger partial charge < -0.3 is 100 Å². The summed E-state index contributed by atoms with van der Waals surface area (Å²) >= 11 is 0. The quantitative estimate of drug-likeness (QED) is 0.0623. The minimum atomic E-state index is -1.83. The molecule has 2 bridgehead atoms. The first kappa shape index (κ1) is 81.6. The SMILES string of the molecule is CCOC(=O)CCC1NC(=O)[C@H](C)NC(=O)C(N)CSSCC2NC(=O)C(CSSCC(C(=O)N[C@@H](Cc3ccc(O)cc3)C(=O)O)NC(=O)CNC(=O)C(CC)NC(=O)[C@H](C)NC(=O)C(C)NC(=O)C3CCCN3C(=O)[C@H](CC(N)=O)NC2=O)NC(=O)[C@H](Cc2ccc(O)cc2)NC1=O. The molecule has 13 atom stereocenters. The van der Waals surface area contributed by atoms with E-state index in [1.54, 1.807) is 0 Å². The minimum absolute atomic E-state index is 0.0307. The zero-order valence-corrected chi connectivity index (χ0v) is 58.5. The number of nitrogens with two attached hydrogens (primary N) is 2. The molecule has 5 rings (SSSR count). The van der Waals surface area contributed by atoms with E-state index in [1.165, 1.54) is 83.1 Å². The maximum absolute atomic E-state index is 15.1. The van der Waals surface area contributed by atoms with Gasteiger partial charge in [-0.15, -0.1) is 0 Å². The van der Waals surface area contributed by atoms with Crippen LogP contribution in [-0.4, -0.2) is 236 Å². The summed E-state index contributed by atoms with van der Waals surface area (Å²) < 4.78 is 5.05. The number of aliphatic carboxylic acids is 1. The second kappa shape index (κ2) is 40.2. The first-order valence-electron chi connectivity index (χ1n) is 31.8. The second-order valence-corrected chi connectivity index (χ2v) is 28.5. The van der Waals surface area contributed by atoms with E-state index in [1.807, 2.05) is 0 Å². The fraction of sp³-hybridized carbons (Fsp3) is 0.541. The van der Waals surface area contributed by atoms with Crippen molar-refractivity contribution in [3.8, 4) is 11.5 Å². The lowest BCUT2D eigenvalue weighted by atomic mass is 10.0. The molecule has 35 nitrogen and oxygen atoms in total. The van der Waals surface area contributed by atoms with Crippen molar-refractivity contribution in [2.45, 2.75) is 165 Å². The molecule has 548 valence electrons. The summed E-state index contributed by atoms with van der Waals surface area (Å²) in [5, 5.41) is 60.0. The maximum atomic E-state index is 15.1. The topological polar surface area (TPSA) is 543 Å². The Labute approximate surface area is 590 Å². The highest BCUT2D eigenvalue weighted by atomic mass is 33.1. The van der Waals surface area contributed by atoms with Gasteiger partial charge in [0.15, 0.2) is 0 Å². The predicted molar refractivity (Wildman–Crippen MR) is 365 cm³/mol. The number of nitrogens with one attached hydrogen (secondary N) is 12. The van der Waals surface area contributed by atoms with Gasteiger partial charge in [0.05, 0.1) is 25.6 Å². The lowest BCUT2D eigenvalue weighted by molar-refractivity contribution is -0.144. The summed E-state index contributed by atoms with van der Waals surface area (Å²) in [6, 6.07) is -9.30. The van der Waals surface area contributed by atoms with E-state index in [-0.39, 0.29) is 56.1 Å². The third kappa shape index (κ3) is 26.2. The summed E-state index contributed by atoms with van der Waals surface area (Å²) in [4.78, 5) is 223. The fourth-order valence-electron chi connectivity index (χ4n) is 9.92. The standard InChI is InChI=1S/C61H85N15O20S4/c1-6-37-53(86)64-24-47(80)68-42(56(89)73-41(61(94)95)22-33-12-16-35(78)17-13-33)26-99-100-28-44-58(91)75-43(57(90)72-40(23-46(63)79)60(93)76-20-8-9-45(76)59(92)67-29(3)49(82)65-30(4)50(83)69-37)27-98-97-25-36(62)52(85)66-31(5)51(84)70-38(18-19-48(81)96-7-2)54(87)71-39(55(88)74-44)21-32-10-14-34(77)15-11-32/h10-17,29-31,36-45,77-78H,6-9,18-28,62H2,1-5H3,(H2,63,79)(H,64,86)(H,65,82)(H,66,85)(H,67,92)(H,68,80)(H,69,83)(H,70,84)(H,71,87)(H,72,90)(H,73,89)(H,74,88)(H,75,91)(H,94,95)/t29?,30-,31-,36?,37?,38?,39-,40-,41-,42?,43?,44?,45?/m0/s1. The molecular weight excluding hydrogens is 1390 g/mol. The summed E-state index contributed by atoms with van der Waals surface area (Å²) in [7, 11) is 3.33. The van der Waals surface area contributed by atoms with Crippen LogP contribution in [0.15, 0.2) is 48.5 Å². The van der Waals surface area contributed by atoms with Crippen LogP contribution in [0.4, 0.5) is 0 Å². The number of carbonyl (C=O) groups excluding carboxylic acids is 15. The number of esters is 1. The molecule has 100 heavy (non-hydrogen) atoms. The number of carboxylic acids is 1. The number of aromatic hydroxyl groups is 2. The Balaban J connectivity index is 1.63. The monoisotopic (exact) mass is 1480 g/mol. The Bertz CT molecular complexity index is 3320. The molecule has 3 saturated heterocycles. The van der Waals surface area contributed by atoms with E-state index >= 15 is 9.59 Å². The van der Waals surface area contributed by atoms with Crippen molar-refractivity contribution in [3.05, 3.63) is 59.7 Å². The van der Waals surface area contributed by atoms with Crippen molar-refractivity contribution in [1.29, 1.82) is 0 Å². The van der Waals surface area contributed by atoms with Crippen molar-refractivity contribution in [1.82, 2.24) is 68.7 Å². The largest absolute Gasteiger partial charge is 0.508 e. The highest BCUT2D eigenvalue weighted by molar-refractivity contribution is 8.77. The van der Waals surface area contributed by atoms with Gasteiger partial charge in [0, 0.05) is 48.8 Å². The number of ether oxygens (including phenoxy) is 1. The maximum Gasteiger partial charge on any atom is 0.326 e. The van der Waals surface area contributed by atoms with Gasteiger partial charge in [-0.05, 0) is 88.8 Å². The molecule has 14 amide bonds. The number of rotatable bonds is 14. The fourth-order valence-corrected chi connectivity index (χ4v) is 14.5. The van der Waals surface area contributed by atoms with E-state index in [0.717, 1.165) is 48.1 Å². The number of carboxylic acid groups (broad SMARTS) is 1. The third-order valence-electron chi connectivity index (χ3n) is 15.5. The number of amides is 14. The van der Waals surface area contributed by atoms with E-state index in [0.29, 0.717) is 11.1 Å². The highest BCUT2D eigenvalue weighted by Crippen LogP contribution is 2.27. The Morgan fingerprint density at radius 1 is 0.590 bits per heavy atom. The van der Waals surface area contributed by atoms with Crippen molar-refractivity contribution in [2.24, 2.45) is 11.5 Å². The lowest BCUT2D eigenvalue weighted by Crippen LogP contribution is -2.61. The number of hydrogen-bond donors (Lipinski definition) is 17. The second-order valence-electron chi connectivity index (χ2n) is 23.4. The molecule has 0 spiro atoms. The first-order valence-corrected chi connectivity index (χ1v) is 36.7. The van der Waals surface area contributed by atoms with E-state index in [4.69, 9.17) is 16.2 Å². The van der Waals surface area contributed by atoms with Gasteiger partial charge in [0.1, 0.15) is 84.0 Å². The van der Waals surface area contributed by atoms with E-state index in [2.05, 4.69) is 63.8 Å². The summed E-state index contributed by atoms with van der Waals surface area (Å²) in [6.45, 7) is 5.93. The predicted octanol–water partition coefficient (Wildman–Crippen LogP) is -4.79. The molecule has 3 heterocycles. The molecule has 19 N–H and O–H groups in total. The summed E-state index contributed by atoms with van der Waals surface area (Å²) in [5.74, 6) is -18.2. The number of phenolic OH excluding ortho intramolecular Hbond substituents is 2. The van der Waals surface area contributed by atoms with Crippen molar-refractivity contribution in [2.75, 3.05) is 42.7 Å². The molecule has 0 saturated carbocycles. The van der Waals surface area contributed by atoms with Crippen molar-refractivity contribution in [3.63, 3.8) is 0 Å². The first-order chi connectivity index (χ1) is 47.4. The number of carbonyl (C=O) groups is 16. The smallest absolute Gasteiger partial charge is 0.326 e. The van der Waals surface area contributed by atoms with Crippen LogP contribution >= 0.6 is 43.2 Å². The van der Waals surface area contributed by atoms with Crippen LogP contribution in [0.25, 0.3) is 0 Å². The van der Waals surface area contributed by atoms with Gasteiger partial charge in [-0.3, -0.25) is 71.9 Å². The Kier molecular flexibility index (Phi) is 32.8. The molecule has 3 aliphatic rings. The molecule has 0 aromatic heterocycles. The van der Waals surface area contributed by atoms with Gasteiger partial charge >= 0.3 is 11.9 Å². The molecule has 39 heteroatoms. The number of benzene rings is 2. The van der Waals surface area contributed by atoms with Crippen LogP contribution in [0.5, 0.6) is 11.5 Å². The van der Waals surface area contributed by atoms with Crippen molar-refractivity contribution < 1.29 is 96.8 Å². The molecular formula is C61H85N15O20S4. The van der Waals surface area contributed by atoms with Gasteiger partial charge in [-0.2, -0.15) is 0 Å². The van der Waals surface area contributed by atoms with E-state index < -0.39 is 223 Å². The van der Waals surface area contributed by atoms with Gasteiger partial charge in [-0.25, -0.2) is 4.79 Å². The Hall–Kier alpha value is -9.08. The summed E-state index contributed by atoms with van der Waals surface area (Å²) in [6.07, 6.45) is -2.24. The Morgan fingerprint density at radius 3 is 1.67 bits per heavy atom. The third-order valence-corrected chi connectivity index (χ3v) is 20.4. The van der Waals surface area contributed by atoms with Gasteiger partial charge in [0.2, 0.25) is 82.7 Å². The van der Waals surface area contributed by atoms with Crippen LogP contribution in [0.2, 0.25) is 0 Å². The number of nitrogens with zero attached hydrogens (tertiary/aromatic N) is 1.